The molecule has 10 rings (SSSR count). The average molecular weight is 614 g/mol. The highest BCUT2D eigenvalue weighted by Gasteiger charge is 2.42. The number of para-hydroxylation sites is 3. The average Bonchev–Trinajstić information content (AvgIpc) is 3.15. The third-order valence-corrected chi connectivity index (χ3v) is 9.75. The molecule has 0 spiro atoms. The quantitative estimate of drug-likeness (QED) is 0.185. The zero-order valence-corrected chi connectivity index (χ0v) is 26.0. The highest BCUT2D eigenvalue weighted by Crippen LogP contribution is 2.45. The Balaban J connectivity index is 1.23. The van der Waals surface area contributed by atoms with Crippen molar-refractivity contribution in [3.05, 3.63) is 170 Å². The van der Waals surface area contributed by atoms with Gasteiger partial charge < -0.3 is 14.4 Å². The van der Waals surface area contributed by atoms with E-state index in [-0.39, 0.29) is 6.71 Å². The molecule has 0 radical (unpaired) electrons. The second-order valence-electron chi connectivity index (χ2n) is 12.5. The molecule has 2 aliphatic rings. The summed E-state index contributed by atoms with van der Waals surface area (Å²) in [5.41, 5.74) is 8.85. The zero-order chi connectivity index (χ0) is 31.6. The van der Waals surface area contributed by atoms with Gasteiger partial charge in [0.1, 0.15) is 23.0 Å². The molecule has 0 aromatic heterocycles. The Morgan fingerprint density at radius 1 is 0.438 bits per heavy atom. The Morgan fingerprint density at radius 2 is 1.08 bits per heavy atom. The lowest BCUT2D eigenvalue weighted by Crippen LogP contribution is -2.57. The first-order chi connectivity index (χ1) is 23.8. The van der Waals surface area contributed by atoms with E-state index in [0.717, 1.165) is 78.3 Å². The van der Waals surface area contributed by atoms with Crippen LogP contribution in [0.3, 0.4) is 0 Å². The zero-order valence-electron chi connectivity index (χ0n) is 26.0. The minimum Gasteiger partial charge on any atom is -0.458 e. The fraction of sp³-hybridized carbons (Fsp3) is 0. The van der Waals surface area contributed by atoms with Gasteiger partial charge in [0.2, 0.25) is 0 Å². The SMILES string of the molecule is c1ccc(N(c2ccccc2)c2cc3c(c4ccccc24)B2c4cccc(-c5ccc6ccccc6c5)c4Oc4cccc(c42)O3)cc1. The third kappa shape index (κ3) is 4.09. The number of hydrogen-bond donors (Lipinski definition) is 0. The minimum atomic E-state index is -0.0649. The van der Waals surface area contributed by atoms with E-state index < -0.39 is 0 Å². The van der Waals surface area contributed by atoms with Crippen molar-refractivity contribution < 1.29 is 9.47 Å². The lowest BCUT2D eigenvalue weighted by molar-refractivity contribution is 0.466. The standard InChI is InChI=1S/C44H28BNO2/c1-3-15-32(16-4-1)46(33-17-5-2-6-18-33)38-28-41-42(36-20-10-9-19-35(36)38)45-37-22-11-21-34(31-26-25-29-13-7-8-14-30(29)27-31)44(37)48-40-24-12-23-39(47-41)43(40)45/h1-28H. The molecule has 8 aromatic carbocycles. The first-order valence-corrected chi connectivity index (χ1v) is 16.4. The van der Waals surface area contributed by atoms with E-state index in [2.05, 4.69) is 169 Å². The molecule has 3 nitrogen and oxygen atoms in total. The van der Waals surface area contributed by atoms with E-state index in [0.29, 0.717) is 0 Å². The molecule has 0 saturated heterocycles. The summed E-state index contributed by atoms with van der Waals surface area (Å²) >= 11 is 0. The van der Waals surface area contributed by atoms with Crippen molar-refractivity contribution in [2.24, 2.45) is 0 Å². The van der Waals surface area contributed by atoms with Crippen LogP contribution >= 0.6 is 0 Å². The molecule has 224 valence electrons. The molecule has 0 N–H and O–H groups in total. The van der Waals surface area contributed by atoms with Gasteiger partial charge in [0.25, 0.3) is 6.71 Å². The summed E-state index contributed by atoms with van der Waals surface area (Å²) < 4.78 is 13.7. The summed E-state index contributed by atoms with van der Waals surface area (Å²) in [6.07, 6.45) is 0. The fourth-order valence-electron chi connectivity index (χ4n) is 7.65. The lowest BCUT2D eigenvalue weighted by atomic mass is 9.34. The van der Waals surface area contributed by atoms with Crippen molar-refractivity contribution in [2.45, 2.75) is 0 Å². The number of nitrogens with zero attached hydrogens (tertiary/aromatic N) is 1. The van der Waals surface area contributed by atoms with E-state index in [1.165, 1.54) is 10.8 Å². The smallest absolute Gasteiger partial charge is 0.261 e. The minimum absolute atomic E-state index is 0.0649. The molecule has 0 saturated carbocycles. The predicted octanol–water partition coefficient (Wildman–Crippen LogP) is 9.86. The van der Waals surface area contributed by atoms with Crippen molar-refractivity contribution in [3.63, 3.8) is 0 Å². The Bertz CT molecular complexity index is 2490. The number of ether oxygens (including phenoxy) is 2. The maximum Gasteiger partial charge on any atom is 0.261 e. The van der Waals surface area contributed by atoms with Gasteiger partial charge in [0, 0.05) is 33.9 Å². The summed E-state index contributed by atoms with van der Waals surface area (Å²) in [4.78, 5) is 2.33. The van der Waals surface area contributed by atoms with Crippen molar-refractivity contribution in [3.8, 4) is 34.1 Å². The summed E-state index contributed by atoms with van der Waals surface area (Å²) in [6.45, 7) is -0.0649. The van der Waals surface area contributed by atoms with E-state index in [1.807, 2.05) is 6.07 Å². The summed E-state index contributed by atoms with van der Waals surface area (Å²) in [5.74, 6) is 3.43. The normalized spacial score (nSPS) is 12.5. The van der Waals surface area contributed by atoms with Crippen LogP contribution in [0, 0.1) is 0 Å². The van der Waals surface area contributed by atoms with Crippen molar-refractivity contribution in [2.75, 3.05) is 4.90 Å². The molecule has 0 bridgehead atoms. The maximum absolute atomic E-state index is 6.87. The Labute approximate surface area is 279 Å². The Hall–Kier alpha value is -6.26. The molecule has 0 aliphatic carbocycles. The van der Waals surface area contributed by atoms with Gasteiger partial charge in [-0.3, -0.25) is 0 Å². The van der Waals surface area contributed by atoms with E-state index in [9.17, 15) is 0 Å². The summed E-state index contributed by atoms with van der Waals surface area (Å²) in [5, 5.41) is 4.76. The lowest BCUT2D eigenvalue weighted by Gasteiger charge is -2.35. The van der Waals surface area contributed by atoms with Gasteiger partial charge in [0.05, 0.1) is 5.69 Å². The van der Waals surface area contributed by atoms with Crippen molar-refractivity contribution in [1.29, 1.82) is 0 Å². The number of hydrogen-bond acceptors (Lipinski definition) is 3. The van der Waals surface area contributed by atoms with Gasteiger partial charge in [-0.1, -0.05) is 121 Å². The number of rotatable bonds is 4. The van der Waals surface area contributed by atoms with Crippen LogP contribution in [0.15, 0.2) is 170 Å². The van der Waals surface area contributed by atoms with Crippen LogP contribution in [-0.2, 0) is 0 Å². The molecule has 0 unspecified atom stereocenters. The monoisotopic (exact) mass is 613 g/mol. The third-order valence-electron chi connectivity index (χ3n) is 9.75. The van der Waals surface area contributed by atoms with E-state index in [4.69, 9.17) is 9.47 Å². The van der Waals surface area contributed by atoms with Crippen LogP contribution in [0.2, 0.25) is 0 Å². The molecule has 2 heterocycles. The van der Waals surface area contributed by atoms with Gasteiger partial charge in [-0.2, -0.15) is 0 Å². The van der Waals surface area contributed by atoms with E-state index >= 15 is 0 Å². The summed E-state index contributed by atoms with van der Waals surface area (Å²) in [6, 6.07) is 60.0. The van der Waals surface area contributed by atoms with Gasteiger partial charge >= 0.3 is 0 Å². The number of fused-ring (bicyclic) bond motifs is 7. The van der Waals surface area contributed by atoms with Gasteiger partial charge in [-0.15, -0.1) is 0 Å². The van der Waals surface area contributed by atoms with Gasteiger partial charge in [0.15, 0.2) is 0 Å². The van der Waals surface area contributed by atoms with Crippen LogP contribution in [0.5, 0.6) is 23.0 Å². The molecular formula is C44H28BNO2. The topological polar surface area (TPSA) is 21.7 Å². The maximum atomic E-state index is 6.87. The highest BCUT2D eigenvalue weighted by atomic mass is 16.5. The van der Waals surface area contributed by atoms with Crippen LogP contribution in [0.4, 0.5) is 17.1 Å². The van der Waals surface area contributed by atoms with Crippen LogP contribution in [0.1, 0.15) is 0 Å². The Kier molecular flexibility index (Phi) is 5.97. The van der Waals surface area contributed by atoms with Crippen LogP contribution < -0.4 is 30.8 Å². The molecule has 48 heavy (non-hydrogen) atoms. The Morgan fingerprint density at radius 3 is 1.85 bits per heavy atom. The van der Waals surface area contributed by atoms with Gasteiger partial charge in [-0.25, -0.2) is 0 Å². The molecule has 0 fully saturated rings. The second-order valence-corrected chi connectivity index (χ2v) is 12.5. The highest BCUT2D eigenvalue weighted by molar-refractivity contribution is 6.99. The molecule has 2 aliphatic heterocycles. The largest absolute Gasteiger partial charge is 0.458 e. The van der Waals surface area contributed by atoms with Gasteiger partial charge in [-0.05, 0) is 75.1 Å². The number of benzene rings is 8. The fourth-order valence-corrected chi connectivity index (χ4v) is 7.65. The van der Waals surface area contributed by atoms with Crippen LogP contribution in [0.25, 0.3) is 32.7 Å². The predicted molar refractivity (Wildman–Crippen MR) is 199 cm³/mol. The van der Waals surface area contributed by atoms with Crippen molar-refractivity contribution >= 4 is 61.7 Å². The van der Waals surface area contributed by atoms with Crippen LogP contribution in [-0.4, -0.2) is 6.71 Å². The first kappa shape index (κ1) is 26.9. The molecule has 0 amide bonds. The van der Waals surface area contributed by atoms with Crippen molar-refractivity contribution in [1.82, 2.24) is 0 Å². The van der Waals surface area contributed by atoms with E-state index in [1.54, 1.807) is 0 Å². The molecule has 4 heteroatoms. The summed E-state index contributed by atoms with van der Waals surface area (Å²) in [7, 11) is 0. The number of anilines is 3. The molecule has 8 aromatic rings. The molecular weight excluding hydrogens is 585 g/mol. The molecule has 0 atom stereocenters. The second kappa shape index (κ2) is 10.6. The first-order valence-electron chi connectivity index (χ1n) is 16.4.